The first-order chi connectivity index (χ1) is 17.5. The van der Waals surface area contributed by atoms with Crippen LogP contribution in [0, 0.1) is 6.92 Å². The SMILES string of the molecule is COCc1nn(Cc2cnc(N3CCCC3)nc2)cc1C(=O)NCc1cc2ccnc(N)c2cc1C. The number of nitrogen functional groups attached to an aromatic ring is 1. The molecule has 4 heterocycles. The molecule has 0 unspecified atom stereocenters. The van der Waals surface area contributed by atoms with Gasteiger partial charge in [-0.1, -0.05) is 0 Å². The van der Waals surface area contributed by atoms with Gasteiger partial charge in [0.2, 0.25) is 5.95 Å². The molecular weight excluding hydrogens is 456 g/mol. The van der Waals surface area contributed by atoms with Crippen molar-refractivity contribution < 1.29 is 9.53 Å². The fraction of sp³-hybridized carbons (Fsp3) is 0.346. The van der Waals surface area contributed by atoms with Crippen molar-refractivity contribution in [1.82, 2.24) is 30.0 Å². The van der Waals surface area contributed by atoms with Gasteiger partial charge in [-0.25, -0.2) is 15.0 Å². The molecule has 0 aliphatic carbocycles. The number of benzene rings is 1. The van der Waals surface area contributed by atoms with Crippen LogP contribution in [0.3, 0.4) is 0 Å². The Morgan fingerprint density at radius 3 is 2.69 bits per heavy atom. The molecule has 1 aliphatic heterocycles. The van der Waals surface area contributed by atoms with Crippen LogP contribution in [0.5, 0.6) is 0 Å². The van der Waals surface area contributed by atoms with Gasteiger partial charge >= 0.3 is 0 Å². The highest BCUT2D eigenvalue weighted by molar-refractivity contribution is 5.95. The highest BCUT2D eigenvalue weighted by Crippen LogP contribution is 2.23. The van der Waals surface area contributed by atoms with Crippen molar-refractivity contribution in [1.29, 1.82) is 0 Å². The van der Waals surface area contributed by atoms with Crippen molar-refractivity contribution in [3.63, 3.8) is 0 Å². The maximum absolute atomic E-state index is 13.1. The first-order valence-electron chi connectivity index (χ1n) is 12.0. The summed E-state index contributed by atoms with van der Waals surface area (Å²) in [5, 5.41) is 9.51. The summed E-state index contributed by atoms with van der Waals surface area (Å²) >= 11 is 0. The topological polar surface area (TPSA) is 124 Å². The summed E-state index contributed by atoms with van der Waals surface area (Å²) in [5.74, 6) is 1.06. The largest absolute Gasteiger partial charge is 0.383 e. The van der Waals surface area contributed by atoms with Gasteiger partial charge in [-0.05, 0) is 54.5 Å². The fourth-order valence-corrected chi connectivity index (χ4v) is 4.53. The van der Waals surface area contributed by atoms with Crippen LogP contribution < -0.4 is 16.0 Å². The molecule has 1 fully saturated rings. The number of nitrogens with zero attached hydrogens (tertiary/aromatic N) is 6. The van der Waals surface area contributed by atoms with E-state index in [0.29, 0.717) is 30.2 Å². The molecule has 1 saturated heterocycles. The van der Waals surface area contributed by atoms with Gasteiger partial charge in [-0.15, -0.1) is 0 Å². The molecule has 0 bridgehead atoms. The Labute approximate surface area is 209 Å². The lowest BCUT2D eigenvalue weighted by Crippen LogP contribution is -2.24. The van der Waals surface area contributed by atoms with Gasteiger partial charge in [-0.2, -0.15) is 5.10 Å². The number of aromatic nitrogens is 5. The lowest BCUT2D eigenvalue weighted by atomic mass is 10.0. The summed E-state index contributed by atoms with van der Waals surface area (Å²) in [7, 11) is 1.59. The minimum Gasteiger partial charge on any atom is -0.383 e. The maximum atomic E-state index is 13.1. The van der Waals surface area contributed by atoms with Gasteiger partial charge in [0.15, 0.2) is 0 Å². The van der Waals surface area contributed by atoms with Crippen LogP contribution in [-0.4, -0.2) is 50.8 Å². The number of carbonyl (C=O) groups excluding carboxylic acids is 1. The normalized spacial score (nSPS) is 13.4. The molecule has 0 radical (unpaired) electrons. The monoisotopic (exact) mass is 486 g/mol. The smallest absolute Gasteiger partial charge is 0.255 e. The van der Waals surface area contributed by atoms with Crippen molar-refractivity contribution in [3.8, 4) is 0 Å². The van der Waals surface area contributed by atoms with E-state index in [0.717, 1.165) is 46.5 Å². The van der Waals surface area contributed by atoms with Crippen LogP contribution in [0.15, 0.2) is 43.0 Å². The standard InChI is InChI=1S/C26H30N8O2/c1-17-9-21-19(5-6-28-24(21)27)10-20(17)13-29-25(35)22-15-34(32-23(22)16-36-2)14-18-11-30-26(31-12-18)33-7-3-4-8-33/h5-6,9-12,15H,3-4,7-8,13-14,16H2,1-2H3,(H2,27,28)(H,29,35). The number of nitrogens with two attached hydrogens (primary N) is 1. The second-order valence-electron chi connectivity index (χ2n) is 9.08. The lowest BCUT2D eigenvalue weighted by Gasteiger charge is -2.14. The Kier molecular flexibility index (Phi) is 6.77. The molecule has 1 aromatic carbocycles. The molecule has 10 nitrogen and oxygen atoms in total. The van der Waals surface area contributed by atoms with Crippen LogP contribution in [0.2, 0.25) is 0 Å². The van der Waals surface area contributed by atoms with Crippen LogP contribution >= 0.6 is 0 Å². The third kappa shape index (κ3) is 4.99. The van der Waals surface area contributed by atoms with E-state index in [1.54, 1.807) is 24.2 Å². The summed E-state index contributed by atoms with van der Waals surface area (Å²) in [6.45, 7) is 5.08. The van der Waals surface area contributed by atoms with Crippen molar-refractivity contribution in [2.45, 2.75) is 39.5 Å². The highest BCUT2D eigenvalue weighted by atomic mass is 16.5. The number of rotatable bonds is 8. The fourth-order valence-electron chi connectivity index (χ4n) is 4.53. The zero-order valence-electron chi connectivity index (χ0n) is 20.6. The van der Waals surface area contributed by atoms with E-state index in [1.807, 2.05) is 37.5 Å². The van der Waals surface area contributed by atoms with E-state index < -0.39 is 0 Å². The van der Waals surface area contributed by atoms with Gasteiger partial charge < -0.3 is 20.7 Å². The molecule has 0 spiro atoms. The summed E-state index contributed by atoms with van der Waals surface area (Å²) < 4.78 is 7.02. The molecule has 5 rings (SSSR count). The molecular formula is C26H30N8O2. The quantitative estimate of drug-likeness (QED) is 0.390. The van der Waals surface area contributed by atoms with E-state index in [-0.39, 0.29) is 12.5 Å². The number of hydrogen-bond acceptors (Lipinski definition) is 8. The average Bonchev–Trinajstić information content (AvgIpc) is 3.55. The van der Waals surface area contributed by atoms with Crippen molar-refractivity contribution in [3.05, 3.63) is 70.9 Å². The molecule has 10 heteroatoms. The predicted molar refractivity (Wildman–Crippen MR) is 138 cm³/mol. The molecule has 3 aromatic heterocycles. The highest BCUT2D eigenvalue weighted by Gasteiger charge is 2.18. The van der Waals surface area contributed by atoms with E-state index in [2.05, 4.69) is 30.3 Å². The number of ether oxygens (including phenoxy) is 1. The molecule has 4 aromatic rings. The molecule has 186 valence electrons. The summed E-state index contributed by atoms with van der Waals surface area (Å²) in [4.78, 5) is 28.5. The summed E-state index contributed by atoms with van der Waals surface area (Å²) in [5.41, 5.74) is 10.0. The third-order valence-electron chi connectivity index (χ3n) is 6.48. The first kappa shape index (κ1) is 23.7. The van der Waals surface area contributed by atoms with Crippen molar-refractivity contribution >= 4 is 28.4 Å². The Bertz CT molecular complexity index is 1380. The second kappa shape index (κ2) is 10.3. The second-order valence-corrected chi connectivity index (χ2v) is 9.08. The number of methoxy groups -OCH3 is 1. The van der Waals surface area contributed by atoms with Gasteiger partial charge in [0.25, 0.3) is 5.91 Å². The summed E-state index contributed by atoms with van der Waals surface area (Å²) in [6, 6.07) is 5.96. The number of aryl methyl sites for hydroxylation is 1. The minimum absolute atomic E-state index is 0.206. The number of hydrogen-bond donors (Lipinski definition) is 2. The van der Waals surface area contributed by atoms with Gasteiger partial charge in [0.1, 0.15) is 11.5 Å². The molecule has 0 atom stereocenters. The van der Waals surface area contributed by atoms with E-state index in [9.17, 15) is 4.79 Å². The van der Waals surface area contributed by atoms with Crippen LogP contribution in [0.4, 0.5) is 11.8 Å². The van der Waals surface area contributed by atoms with Gasteiger partial charge in [-0.3, -0.25) is 9.48 Å². The number of carbonyl (C=O) groups is 1. The van der Waals surface area contributed by atoms with Gasteiger partial charge in [0.05, 0.1) is 18.7 Å². The molecule has 1 aliphatic rings. The first-order valence-corrected chi connectivity index (χ1v) is 12.0. The molecule has 0 saturated carbocycles. The summed E-state index contributed by atoms with van der Waals surface area (Å²) in [6.07, 6.45) is 9.44. The van der Waals surface area contributed by atoms with Crippen LogP contribution in [-0.2, 0) is 24.4 Å². The lowest BCUT2D eigenvalue weighted by molar-refractivity contribution is 0.0946. The number of nitrogens with one attached hydrogen (secondary N) is 1. The Morgan fingerprint density at radius 1 is 1.17 bits per heavy atom. The molecule has 3 N–H and O–H groups in total. The molecule has 36 heavy (non-hydrogen) atoms. The zero-order chi connectivity index (χ0) is 25.1. The Morgan fingerprint density at radius 2 is 1.94 bits per heavy atom. The third-order valence-corrected chi connectivity index (χ3v) is 6.48. The maximum Gasteiger partial charge on any atom is 0.255 e. The van der Waals surface area contributed by atoms with Crippen molar-refractivity contribution in [2.24, 2.45) is 0 Å². The van der Waals surface area contributed by atoms with E-state index in [4.69, 9.17) is 10.5 Å². The van der Waals surface area contributed by atoms with E-state index >= 15 is 0 Å². The minimum atomic E-state index is -0.206. The van der Waals surface area contributed by atoms with Gasteiger partial charge in [0, 0.05) is 62.5 Å². The number of fused-ring (bicyclic) bond motifs is 1. The Balaban J connectivity index is 1.29. The number of anilines is 2. The average molecular weight is 487 g/mol. The Hall–Kier alpha value is -4.05. The number of amides is 1. The van der Waals surface area contributed by atoms with Crippen molar-refractivity contribution in [2.75, 3.05) is 30.8 Å². The van der Waals surface area contributed by atoms with E-state index in [1.165, 1.54) is 12.8 Å². The molecule has 1 amide bonds. The number of pyridine rings is 1. The van der Waals surface area contributed by atoms with Crippen LogP contribution in [0.25, 0.3) is 10.8 Å². The zero-order valence-corrected chi connectivity index (χ0v) is 20.6. The predicted octanol–water partition coefficient (Wildman–Crippen LogP) is 2.84. The van der Waals surface area contributed by atoms with Crippen LogP contribution in [0.1, 0.15) is 45.6 Å².